The van der Waals surface area contributed by atoms with Gasteiger partial charge in [0.25, 0.3) is 0 Å². The van der Waals surface area contributed by atoms with Crippen molar-refractivity contribution in [3.8, 4) is 10.4 Å². The molecule has 0 radical (unpaired) electrons. The summed E-state index contributed by atoms with van der Waals surface area (Å²) < 4.78 is 0. The molecule has 2 aromatic rings. The minimum Gasteiger partial charge on any atom is -0.382 e. The molecule has 0 spiro atoms. The summed E-state index contributed by atoms with van der Waals surface area (Å²) in [5.74, 6) is 0. The Morgan fingerprint density at radius 3 is 2.59 bits per heavy atom. The molecule has 2 heteroatoms. The van der Waals surface area contributed by atoms with Crippen molar-refractivity contribution in [3.63, 3.8) is 0 Å². The SMILES string of the molecule is c1csc(-c2ccccc2NC2CCCC2)c1. The molecule has 0 aliphatic heterocycles. The van der Waals surface area contributed by atoms with Crippen LogP contribution in [0.25, 0.3) is 10.4 Å². The molecule has 88 valence electrons. The summed E-state index contributed by atoms with van der Waals surface area (Å²) in [5, 5.41) is 5.84. The minimum atomic E-state index is 0.677. The number of benzene rings is 1. The number of hydrogen-bond donors (Lipinski definition) is 1. The molecule has 1 fully saturated rings. The smallest absolute Gasteiger partial charge is 0.0430 e. The second-order valence-corrected chi connectivity index (χ2v) is 5.60. The van der Waals surface area contributed by atoms with Gasteiger partial charge in [-0.3, -0.25) is 0 Å². The Morgan fingerprint density at radius 1 is 1.00 bits per heavy atom. The Balaban J connectivity index is 1.88. The number of anilines is 1. The zero-order valence-electron chi connectivity index (χ0n) is 9.86. The molecule has 1 aliphatic carbocycles. The number of rotatable bonds is 3. The summed E-state index contributed by atoms with van der Waals surface area (Å²) >= 11 is 1.81. The molecule has 0 amide bonds. The maximum atomic E-state index is 3.70. The lowest BCUT2D eigenvalue weighted by atomic mass is 10.1. The van der Waals surface area contributed by atoms with E-state index in [1.807, 2.05) is 11.3 Å². The summed E-state index contributed by atoms with van der Waals surface area (Å²) in [6.07, 6.45) is 5.38. The average molecular weight is 243 g/mol. The maximum Gasteiger partial charge on any atom is 0.0430 e. The lowest BCUT2D eigenvalue weighted by molar-refractivity contribution is 0.756. The molecular formula is C15H17NS. The van der Waals surface area contributed by atoms with E-state index in [9.17, 15) is 0 Å². The first-order valence-electron chi connectivity index (χ1n) is 6.33. The van der Waals surface area contributed by atoms with E-state index in [0.717, 1.165) is 0 Å². The highest BCUT2D eigenvalue weighted by atomic mass is 32.1. The van der Waals surface area contributed by atoms with Gasteiger partial charge in [-0.1, -0.05) is 37.1 Å². The maximum absolute atomic E-state index is 3.70. The summed E-state index contributed by atoms with van der Waals surface area (Å²) in [5.41, 5.74) is 2.64. The Morgan fingerprint density at radius 2 is 1.82 bits per heavy atom. The van der Waals surface area contributed by atoms with Crippen LogP contribution in [0.2, 0.25) is 0 Å². The topological polar surface area (TPSA) is 12.0 Å². The summed E-state index contributed by atoms with van der Waals surface area (Å²) in [6, 6.07) is 13.6. The normalized spacial score (nSPS) is 16.2. The van der Waals surface area contributed by atoms with Gasteiger partial charge in [-0.05, 0) is 30.4 Å². The molecule has 1 N–H and O–H groups in total. The van der Waals surface area contributed by atoms with Crippen molar-refractivity contribution >= 4 is 17.0 Å². The standard InChI is InChI=1S/C15H17NS/c1-2-7-12(6-1)16-14-9-4-3-8-13(14)15-10-5-11-17-15/h3-5,8-12,16H,1-2,6-7H2. The molecule has 3 rings (SSSR count). The largest absolute Gasteiger partial charge is 0.382 e. The highest BCUT2D eigenvalue weighted by Crippen LogP contribution is 2.33. The number of para-hydroxylation sites is 1. The molecule has 0 bridgehead atoms. The van der Waals surface area contributed by atoms with E-state index in [4.69, 9.17) is 0 Å². The molecular weight excluding hydrogens is 226 g/mol. The first-order chi connectivity index (χ1) is 8.43. The van der Waals surface area contributed by atoms with E-state index < -0.39 is 0 Å². The zero-order chi connectivity index (χ0) is 11.5. The fraction of sp³-hybridized carbons (Fsp3) is 0.333. The van der Waals surface area contributed by atoms with Crippen LogP contribution in [-0.2, 0) is 0 Å². The molecule has 1 saturated carbocycles. The number of hydrogen-bond acceptors (Lipinski definition) is 2. The zero-order valence-corrected chi connectivity index (χ0v) is 10.7. The highest BCUT2D eigenvalue weighted by molar-refractivity contribution is 7.13. The van der Waals surface area contributed by atoms with E-state index in [1.54, 1.807) is 0 Å². The van der Waals surface area contributed by atoms with Gasteiger partial charge in [-0.25, -0.2) is 0 Å². The van der Waals surface area contributed by atoms with E-state index in [0.29, 0.717) is 6.04 Å². The lowest BCUT2D eigenvalue weighted by Gasteiger charge is -2.16. The third-order valence-electron chi connectivity index (χ3n) is 3.43. The van der Waals surface area contributed by atoms with Gasteiger partial charge in [-0.2, -0.15) is 0 Å². The van der Waals surface area contributed by atoms with E-state index in [2.05, 4.69) is 47.1 Å². The lowest BCUT2D eigenvalue weighted by Crippen LogP contribution is -2.14. The Hall–Kier alpha value is -1.28. The Bertz CT molecular complexity index is 469. The third kappa shape index (κ3) is 2.37. The average Bonchev–Trinajstić information content (AvgIpc) is 3.01. The van der Waals surface area contributed by atoms with Gasteiger partial charge < -0.3 is 5.32 Å². The van der Waals surface area contributed by atoms with Crippen LogP contribution >= 0.6 is 11.3 Å². The molecule has 17 heavy (non-hydrogen) atoms. The van der Waals surface area contributed by atoms with Crippen LogP contribution in [0.1, 0.15) is 25.7 Å². The molecule has 1 aromatic carbocycles. The van der Waals surface area contributed by atoms with Crippen LogP contribution in [-0.4, -0.2) is 6.04 Å². The van der Waals surface area contributed by atoms with Gasteiger partial charge in [0.15, 0.2) is 0 Å². The predicted octanol–water partition coefficient (Wildman–Crippen LogP) is 4.77. The van der Waals surface area contributed by atoms with E-state index in [-0.39, 0.29) is 0 Å². The van der Waals surface area contributed by atoms with E-state index >= 15 is 0 Å². The van der Waals surface area contributed by atoms with Crippen molar-refractivity contribution < 1.29 is 0 Å². The van der Waals surface area contributed by atoms with Crippen LogP contribution in [0.5, 0.6) is 0 Å². The van der Waals surface area contributed by atoms with Crippen molar-refractivity contribution in [1.82, 2.24) is 0 Å². The molecule has 1 aromatic heterocycles. The van der Waals surface area contributed by atoms with Crippen molar-refractivity contribution in [2.45, 2.75) is 31.7 Å². The van der Waals surface area contributed by atoms with Gasteiger partial charge in [0.2, 0.25) is 0 Å². The van der Waals surface area contributed by atoms with Gasteiger partial charge in [-0.15, -0.1) is 11.3 Å². The number of thiophene rings is 1. The second kappa shape index (κ2) is 4.92. The molecule has 1 nitrogen and oxygen atoms in total. The van der Waals surface area contributed by atoms with Crippen molar-refractivity contribution in [1.29, 1.82) is 0 Å². The monoisotopic (exact) mass is 243 g/mol. The van der Waals surface area contributed by atoms with Crippen LogP contribution < -0.4 is 5.32 Å². The third-order valence-corrected chi connectivity index (χ3v) is 4.33. The first-order valence-corrected chi connectivity index (χ1v) is 7.21. The van der Waals surface area contributed by atoms with Gasteiger partial charge in [0, 0.05) is 22.2 Å². The van der Waals surface area contributed by atoms with Gasteiger partial charge in [0.1, 0.15) is 0 Å². The summed E-state index contributed by atoms with van der Waals surface area (Å²) in [6.45, 7) is 0. The fourth-order valence-electron chi connectivity index (χ4n) is 2.55. The first kappa shape index (κ1) is 10.8. The molecule has 0 saturated heterocycles. The van der Waals surface area contributed by atoms with Crippen LogP contribution in [0, 0.1) is 0 Å². The quantitative estimate of drug-likeness (QED) is 0.818. The summed E-state index contributed by atoms with van der Waals surface area (Å²) in [7, 11) is 0. The molecule has 1 heterocycles. The number of nitrogens with one attached hydrogen (secondary N) is 1. The van der Waals surface area contributed by atoms with E-state index in [1.165, 1.54) is 41.8 Å². The minimum absolute atomic E-state index is 0.677. The van der Waals surface area contributed by atoms with Crippen LogP contribution in [0.4, 0.5) is 5.69 Å². The summed E-state index contributed by atoms with van der Waals surface area (Å²) in [4.78, 5) is 1.35. The van der Waals surface area contributed by atoms with Crippen molar-refractivity contribution in [3.05, 3.63) is 41.8 Å². The Kier molecular flexibility index (Phi) is 3.14. The van der Waals surface area contributed by atoms with Crippen LogP contribution in [0.3, 0.4) is 0 Å². The van der Waals surface area contributed by atoms with Crippen molar-refractivity contribution in [2.24, 2.45) is 0 Å². The molecule has 0 unspecified atom stereocenters. The highest BCUT2D eigenvalue weighted by Gasteiger charge is 2.16. The predicted molar refractivity (Wildman–Crippen MR) is 75.6 cm³/mol. The van der Waals surface area contributed by atoms with Gasteiger partial charge in [0.05, 0.1) is 0 Å². The Labute approximate surface area is 106 Å². The second-order valence-electron chi connectivity index (χ2n) is 4.65. The molecule has 0 atom stereocenters. The molecule has 1 aliphatic rings. The van der Waals surface area contributed by atoms with Crippen LogP contribution in [0.15, 0.2) is 41.8 Å². The fourth-order valence-corrected chi connectivity index (χ4v) is 3.31. The van der Waals surface area contributed by atoms with Crippen molar-refractivity contribution in [2.75, 3.05) is 5.32 Å². The van der Waals surface area contributed by atoms with Gasteiger partial charge >= 0.3 is 0 Å².